The second-order valence-corrected chi connectivity index (χ2v) is 5.15. The van der Waals surface area contributed by atoms with E-state index in [4.69, 9.17) is 13.6 Å². The normalized spacial score (nSPS) is 19.2. The summed E-state index contributed by atoms with van der Waals surface area (Å²) in [7, 11) is 5.95. The minimum absolute atomic E-state index is 0.571. The molecule has 1 heterocycles. The standard InChI is InChI=1S/C14H21BN2/c1-3-4-17-9-10(2)5-11-6-13(15)7-12(8-16)14(11)17/h6-7,10H,3-5,8-9,16H2,1-2H3. The molecule has 1 aromatic rings. The second-order valence-electron chi connectivity index (χ2n) is 5.15. The maximum absolute atomic E-state index is 5.95. The molecule has 1 aliphatic heterocycles. The lowest BCUT2D eigenvalue weighted by atomic mass is 9.85. The van der Waals surface area contributed by atoms with E-state index >= 15 is 0 Å². The lowest BCUT2D eigenvalue weighted by Crippen LogP contribution is -2.36. The molecule has 2 nitrogen and oxygen atoms in total. The monoisotopic (exact) mass is 228 g/mol. The van der Waals surface area contributed by atoms with Crippen molar-refractivity contribution in [3.8, 4) is 0 Å². The molecule has 2 rings (SSSR count). The predicted octanol–water partition coefficient (Wildman–Crippen LogP) is 1.35. The van der Waals surface area contributed by atoms with Crippen LogP contribution in [0.5, 0.6) is 0 Å². The molecule has 2 N–H and O–H groups in total. The second kappa shape index (κ2) is 5.13. The molecule has 1 aliphatic rings. The first-order valence-corrected chi connectivity index (χ1v) is 6.52. The summed E-state index contributed by atoms with van der Waals surface area (Å²) in [5, 5.41) is 0. The highest BCUT2D eigenvalue weighted by molar-refractivity contribution is 6.32. The predicted molar refractivity (Wildman–Crippen MR) is 75.1 cm³/mol. The van der Waals surface area contributed by atoms with Crippen molar-refractivity contribution in [1.82, 2.24) is 0 Å². The van der Waals surface area contributed by atoms with Gasteiger partial charge in [-0.05, 0) is 29.9 Å². The lowest BCUT2D eigenvalue weighted by Gasteiger charge is -2.36. The van der Waals surface area contributed by atoms with E-state index in [-0.39, 0.29) is 0 Å². The molecule has 1 atom stereocenters. The van der Waals surface area contributed by atoms with Gasteiger partial charge in [-0.15, -0.1) is 0 Å². The molecule has 17 heavy (non-hydrogen) atoms. The third-order valence-electron chi connectivity index (χ3n) is 3.42. The molecule has 1 aromatic carbocycles. The molecule has 0 saturated heterocycles. The number of rotatable bonds is 3. The summed E-state index contributed by atoms with van der Waals surface area (Å²) in [5.41, 5.74) is 10.6. The lowest BCUT2D eigenvalue weighted by molar-refractivity contribution is 0.528. The third-order valence-corrected chi connectivity index (χ3v) is 3.42. The van der Waals surface area contributed by atoms with Crippen LogP contribution >= 0.6 is 0 Å². The topological polar surface area (TPSA) is 29.3 Å². The summed E-state index contributed by atoms with van der Waals surface area (Å²) in [6.07, 6.45) is 2.29. The van der Waals surface area contributed by atoms with E-state index in [2.05, 4.69) is 24.8 Å². The summed E-state index contributed by atoms with van der Waals surface area (Å²) >= 11 is 0. The Hall–Kier alpha value is -0.955. The Labute approximate surface area is 106 Å². The minimum atomic E-state index is 0.571. The van der Waals surface area contributed by atoms with Gasteiger partial charge in [-0.1, -0.05) is 31.4 Å². The number of anilines is 1. The quantitative estimate of drug-likeness (QED) is 0.791. The van der Waals surface area contributed by atoms with Gasteiger partial charge in [-0.3, -0.25) is 0 Å². The fourth-order valence-corrected chi connectivity index (χ4v) is 2.88. The Morgan fingerprint density at radius 3 is 2.88 bits per heavy atom. The third kappa shape index (κ3) is 2.49. The van der Waals surface area contributed by atoms with Gasteiger partial charge >= 0.3 is 0 Å². The average Bonchev–Trinajstić information content (AvgIpc) is 2.27. The number of nitrogens with two attached hydrogens (primary N) is 1. The van der Waals surface area contributed by atoms with Gasteiger partial charge in [-0.25, -0.2) is 0 Å². The summed E-state index contributed by atoms with van der Waals surface area (Å²) in [4.78, 5) is 2.48. The van der Waals surface area contributed by atoms with Gasteiger partial charge in [-0.2, -0.15) is 0 Å². The Kier molecular flexibility index (Phi) is 3.77. The van der Waals surface area contributed by atoms with Crippen molar-refractivity contribution in [1.29, 1.82) is 0 Å². The average molecular weight is 228 g/mol. The Bertz CT molecular complexity index is 403. The van der Waals surface area contributed by atoms with E-state index in [9.17, 15) is 0 Å². The van der Waals surface area contributed by atoms with Crippen LogP contribution in [0.4, 0.5) is 5.69 Å². The van der Waals surface area contributed by atoms with Crippen LogP contribution in [0.15, 0.2) is 12.1 Å². The van der Waals surface area contributed by atoms with Crippen LogP contribution in [0.1, 0.15) is 31.4 Å². The zero-order chi connectivity index (χ0) is 12.4. The number of nitrogens with zero attached hydrogens (tertiary/aromatic N) is 1. The highest BCUT2D eigenvalue weighted by Crippen LogP contribution is 2.32. The summed E-state index contributed by atoms with van der Waals surface area (Å²) in [6.45, 7) is 7.34. The van der Waals surface area contributed by atoms with Gasteiger partial charge in [0.2, 0.25) is 0 Å². The molecule has 2 radical (unpaired) electrons. The van der Waals surface area contributed by atoms with Gasteiger partial charge < -0.3 is 10.6 Å². The smallest absolute Gasteiger partial charge is 0.113 e. The van der Waals surface area contributed by atoms with E-state index in [1.54, 1.807) is 0 Å². The van der Waals surface area contributed by atoms with E-state index in [0.717, 1.165) is 25.0 Å². The van der Waals surface area contributed by atoms with Gasteiger partial charge in [0.25, 0.3) is 0 Å². The van der Waals surface area contributed by atoms with Crippen LogP contribution in [-0.4, -0.2) is 20.9 Å². The van der Waals surface area contributed by atoms with E-state index < -0.39 is 0 Å². The molecule has 0 spiro atoms. The Morgan fingerprint density at radius 2 is 2.24 bits per heavy atom. The van der Waals surface area contributed by atoms with Crippen molar-refractivity contribution in [3.05, 3.63) is 23.3 Å². The summed E-state index contributed by atoms with van der Waals surface area (Å²) < 4.78 is 0. The van der Waals surface area contributed by atoms with E-state index in [1.807, 2.05) is 6.07 Å². The first-order valence-electron chi connectivity index (χ1n) is 6.52. The fraction of sp³-hybridized carbons (Fsp3) is 0.571. The molecular weight excluding hydrogens is 207 g/mol. The first kappa shape index (κ1) is 12.5. The zero-order valence-corrected chi connectivity index (χ0v) is 10.9. The number of hydrogen-bond acceptors (Lipinski definition) is 2. The van der Waals surface area contributed by atoms with Crippen molar-refractivity contribution in [2.24, 2.45) is 11.7 Å². The maximum atomic E-state index is 5.95. The largest absolute Gasteiger partial charge is 0.371 e. The fourth-order valence-electron chi connectivity index (χ4n) is 2.88. The van der Waals surface area contributed by atoms with Crippen LogP contribution in [-0.2, 0) is 13.0 Å². The zero-order valence-electron chi connectivity index (χ0n) is 10.9. The van der Waals surface area contributed by atoms with Crippen LogP contribution in [0.3, 0.4) is 0 Å². The van der Waals surface area contributed by atoms with Crippen LogP contribution in [0, 0.1) is 5.92 Å². The van der Waals surface area contributed by atoms with Crippen LogP contribution in [0.25, 0.3) is 0 Å². The maximum Gasteiger partial charge on any atom is 0.113 e. The molecule has 0 aliphatic carbocycles. The highest BCUT2D eigenvalue weighted by Gasteiger charge is 2.23. The summed E-state index contributed by atoms with van der Waals surface area (Å²) in [5.74, 6) is 0.696. The van der Waals surface area contributed by atoms with Crippen molar-refractivity contribution in [2.75, 3.05) is 18.0 Å². The summed E-state index contributed by atoms with van der Waals surface area (Å²) in [6, 6.07) is 4.14. The van der Waals surface area contributed by atoms with Crippen molar-refractivity contribution in [2.45, 2.75) is 33.2 Å². The van der Waals surface area contributed by atoms with Crippen LogP contribution < -0.4 is 16.1 Å². The van der Waals surface area contributed by atoms with Gasteiger partial charge in [0, 0.05) is 25.3 Å². The van der Waals surface area contributed by atoms with E-state index in [1.165, 1.54) is 23.2 Å². The highest BCUT2D eigenvalue weighted by atomic mass is 15.1. The molecule has 0 saturated carbocycles. The molecular formula is C14H21BN2. The van der Waals surface area contributed by atoms with Crippen molar-refractivity contribution < 1.29 is 0 Å². The number of fused-ring (bicyclic) bond motifs is 1. The SMILES string of the molecule is [B]c1cc(CN)c2c(c1)CC(C)CN2CCC. The van der Waals surface area contributed by atoms with Crippen molar-refractivity contribution in [3.63, 3.8) is 0 Å². The van der Waals surface area contributed by atoms with Gasteiger partial charge in [0.05, 0.1) is 0 Å². The molecule has 3 heteroatoms. The molecule has 0 amide bonds. The number of benzene rings is 1. The molecule has 0 bridgehead atoms. The van der Waals surface area contributed by atoms with Crippen LogP contribution in [0.2, 0.25) is 0 Å². The molecule has 0 fully saturated rings. The number of hydrogen-bond donors (Lipinski definition) is 1. The molecule has 0 aromatic heterocycles. The Balaban J connectivity index is 2.46. The van der Waals surface area contributed by atoms with Gasteiger partial charge in [0.1, 0.15) is 7.85 Å². The Morgan fingerprint density at radius 1 is 1.47 bits per heavy atom. The first-order chi connectivity index (χ1) is 8.15. The minimum Gasteiger partial charge on any atom is -0.371 e. The molecule has 90 valence electrons. The van der Waals surface area contributed by atoms with Crippen molar-refractivity contribution >= 4 is 19.0 Å². The van der Waals surface area contributed by atoms with E-state index in [0.29, 0.717) is 12.5 Å². The van der Waals surface area contributed by atoms with Gasteiger partial charge in [0.15, 0.2) is 0 Å². The molecule has 1 unspecified atom stereocenters.